The number of hydrogen-bond donors (Lipinski definition) is 1. The third kappa shape index (κ3) is 4.21. The lowest BCUT2D eigenvalue weighted by atomic mass is 9.98. The molecule has 3 heterocycles. The highest BCUT2D eigenvalue weighted by atomic mass is 16.5. The van der Waals surface area contributed by atoms with Gasteiger partial charge in [0.1, 0.15) is 11.3 Å². The number of hydrogen-bond acceptors (Lipinski definition) is 4. The molecule has 1 N–H and O–H groups in total. The second-order valence-corrected chi connectivity index (χ2v) is 13.2. The van der Waals surface area contributed by atoms with Gasteiger partial charge in [0.15, 0.2) is 5.82 Å². The fourth-order valence-electron chi connectivity index (χ4n) is 7.38. The molecule has 1 aliphatic heterocycles. The average molecular weight is 541 g/mol. The highest BCUT2D eigenvalue weighted by Crippen LogP contribution is 2.44. The SMILES string of the molecule is COc1cc(C(=O)N2CC3CCC2[C@@H]3C)cc2nc(-c3cc4ccc(CC(C)(C)O)cc4n3CC3CC3)n(C)c12. The first-order chi connectivity index (χ1) is 19.1. The average Bonchev–Trinajstić information content (AvgIpc) is 3.32. The van der Waals surface area contributed by atoms with E-state index in [0.29, 0.717) is 41.5 Å². The number of benzene rings is 2. The zero-order valence-corrected chi connectivity index (χ0v) is 24.3. The predicted molar refractivity (Wildman–Crippen MR) is 158 cm³/mol. The Morgan fingerprint density at radius 3 is 2.58 bits per heavy atom. The number of likely N-dealkylation sites (tertiary alicyclic amines) is 1. The van der Waals surface area contributed by atoms with Crippen LogP contribution in [0.5, 0.6) is 5.75 Å². The van der Waals surface area contributed by atoms with Gasteiger partial charge in [-0.2, -0.15) is 0 Å². The summed E-state index contributed by atoms with van der Waals surface area (Å²) < 4.78 is 10.4. The van der Waals surface area contributed by atoms with Crippen molar-refractivity contribution in [3.8, 4) is 17.3 Å². The molecule has 40 heavy (non-hydrogen) atoms. The molecule has 2 aliphatic carbocycles. The van der Waals surface area contributed by atoms with E-state index in [2.05, 4.69) is 45.2 Å². The first-order valence-electron chi connectivity index (χ1n) is 14.8. The Kier molecular flexibility index (Phi) is 5.83. The van der Waals surface area contributed by atoms with Crippen molar-refractivity contribution >= 4 is 27.8 Å². The van der Waals surface area contributed by atoms with E-state index in [0.717, 1.165) is 47.6 Å². The summed E-state index contributed by atoms with van der Waals surface area (Å²) in [5.74, 6) is 3.52. The number of rotatable bonds is 7. The lowest BCUT2D eigenvalue weighted by Crippen LogP contribution is -2.38. The Bertz CT molecular complexity index is 1640. The van der Waals surface area contributed by atoms with Gasteiger partial charge in [-0.25, -0.2) is 4.98 Å². The predicted octanol–water partition coefficient (Wildman–Crippen LogP) is 5.80. The van der Waals surface area contributed by atoms with Crippen molar-refractivity contribution in [3.05, 3.63) is 47.5 Å². The van der Waals surface area contributed by atoms with E-state index in [1.165, 1.54) is 30.2 Å². The van der Waals surface area contributed by atoms with E-state index < -0.39 is 5.60 Å². The molecule has 7 rings (SSSR count). The number of aromatic nitrogens is 3. The number of methoxy groups -OCH3 is 1. The molecule has 2 bridgehead atoms. The lowest BCUT2D eigenvalue weighted by molar-refractivity contribution is 0.0695. The number of nitrogens with zero attached hydrogens (tertiary/aromatic N) is 4. The number of aliphatic hydroxyl groups is 1. The first kappa shape index (κ1) is 25.6. The standard InChI is InChI=1S/C33H40N4O3/c1-19-23-10-11-26(19)37(18-23)32(38)24-13-25-30(29(15-24)40-5)35(4)31(34-25)28-14-22-9-8-21(16-33(2,3)39)12-27(22)36(28)17-20-6-7-20/h8-9,12-15,19-20,23,26,39H,6-7,10-11,16-18H2,1-5H3/t19-,23?,26?/m1/s1. The van der Waals surface area contributed by atoms with Gasteiger partial charge >= 0.3 is 0 Å². The monoisotopic (exact) mass is 540 g/mol. The third-order valence-electron chi connectivity index (χ3n) is 9.65. The molecule has 7 heteroatoms. The van der Waals surface area contributed by atoms with Gasteiger partial charge in [0.25, 0.3) is 5.91 Å². The Morgan fingerprint density at radius 2 is 1.93 bits per heavy atom. The summed E-state index contributed by atoms with van der Waals surface area (Å²) in [4.78, 5) is 20.9. The second-order valence-electron chi connectivity index (χ2n) is 13.2. The molecule has 2 unspecified atom stereocenters. The number of carbonyl (C=O) groups excluding carboxylic acids is 1. The molecule has 7 nitrogen and oxygen atoms in total. The fourth-order valence-corrected chi connectivity index (χ4v) is 7.38. The van der Waals surface area contributed by atoms with Crippen molar-refractivity contribution in [2.24, 2.45) is 24.8 Å². The van der Waals surface area contributed by atoms with Crippen molar-refractivity contribution in [1.29, 1.82) is 0 Å². The van der Waals surface area contributed by atoms with Crippen LogP contribution in [0.2, 0.25) is 0 Å². The number of aryl methyl sites for hydroxylation is 1. The second kappa shape index (κ2) is 9.10. The maximum Gasteiger partial charge on any atom is 0.254 e. The Hall–Kier alpha value is -3.32. The number of amides is 1. The van der Waals surface area contributed by atoms with Crippen LogP contribution >= 0.6 is 0 Å². The summed E-state index contributed by atoms with van der Waals surface area (Å²) in [6.07, 6.45) is 5.44. The molecule has 1 saturated heterocycles. The molecule has 3 atom stereocenters. The summed E-state index contributed by atoms with van der Waals surface area (Å²) in [5.41, 5.74) is 4.95. The Morgan fingerprint density at radius 1 is 1.12 bits per heavy atom. The van der Waals surface area contributed by atoms with Gasteiger partial charge in [0, 0.05) is 49.1 Å². The van der Waals surface area contributed by atoms with Gasteiger partial charge in [0.05, 0.1) is 23.9 Å². The van der Waals surface area contributed by atoms with Gasteiger partial charge in [-0.05, 0) is 87.1 Å². The van der Waals surface area contributed by atoms with Crippen LogP contribution in [0.4, 0.5) is 0 Å². The van der Waals surface area contributed by atoms with Crippen LogP contribution in [0, 0.1) is 17.8 Å². The summed E-state index contributed by atoms with van der Waals surface area (Å²) >= 11 is 0. The molecule has 3 aliphatic rings. The number of fused-ring (bicyclic) bond motifs is 4. The van der Waals surface area contributed by atoms with Gasteiger partial charge in [-0.3, -0.25) is 4.79 Å². The first-order valence-corrected chi connectivity index (χ1v) is 14.8. The van der Waals surface area contributed by atoms with Gasteiger partial charge in [-0.1, -0.05) is 19.1 Å². The largest absolute Gasteiger partial charge is 0.494 e. The number of imidazole rings is 1. The smallest absolute Gasteiger partial charge is 0.254 e. The van der Waals surface area contributed by atoms with Crippen molar-refractivity contribution in [3.63, 3.8) is 0 Å². The maximum absolute atomic E-state index is 13.7. The van der Waals surface area contributed by atoms with E-state index in [-0.39, 0.29) is 5.91 Å². The van der Waals surface area contributed by atoms with Crippen LogP contribution in [-0.4, -0.2) is 55.3 Å². The minimum Gasteiger partial charge on any atom is -0.494 e. The minimum atomic E-state index is -0.764. The van der Waals surface area contributed by atoms with E-state index in [4.69, 9.17) is 9.72 Å². The molecule has 2 aromatic carbocycles. The van der Waals surface area contributed by atoms with E-state index in [1.807, 2.05) is 33.0 Å². The highest BCUT2D eigenvalue weighted by Gasteiger charge is 2.46. The molecule has 0 radical (unpaired) electrons. The van der Waals surface area contributed by atoms with E-state index >= 15 is 0 Å². The van der Waals surface area contributed by atoms with Crippen LogP contribution in [0.25, 0.3) is 33.5 Å². The highest BCUT2D eigenvalue weighted by molar-refractivity contribution is 6.00. The summed E-state index contributed by atoms with van der Waals surface area (Å²) in [5, 5.41) is 11.6. The van der Waals surface area contributed by atoms with Crippen LogP contribution in [0.3, 0.4) is 0 Å². The maximum atomic E-state index is 13.7. The zero-order valence-electron chi connectivity index (χ0n) is 24.3. The zero-order chi connectivity index (χ0) is 27.9. The quantitative estimate of drug-likeness (QED) is 0.322. The van der Waals surface area contributed by atoms with Crippen LogP contribution < -0.4 is 4.74 Å². The van der Waals surface area contributed by atoms with Gasteiger partial charge in [-0.15, -0.1) is 0 Å². The van der Waals surface area contributed by atoms with Crippen molar-refractivity contribution < 1.29 is 14.6 Å². The van der Waals surface area contributed by atoms with Crippen LogP contribution in [0.1, 0.15) is 62.4 Å². The fraction of sp³-hybridized carbons (Fsp3) is 0.515. The number of piperidine rings is 1. The lowest BCUT2D eigenvalue weighted by Gasteiger charge is -2.27. The molecule has 1 amide bonds. The van der Waals surface area contributed by atoms with E-state index in [1.54, 1.807) is 7.11 Å². The molecule has 4 aromatic rings. The topological polar surface area (TPSA) is 72.5 Å². The van der Waals surface area contributed by atoms with Crippen molar-refractivity contribution in [1.82, 2.24) is 19.0 Å². The van der Waals surface area contributed by atoms with E-state index in [9.17, 15) is 9.90 Å². The molecule has 2 saturated carbocycles. The van der Waals surface area contributed by atoms with Crippen molar-refractivity contribution in [2.45, 2.75) is 71.1 Å². The third-order valence-corrected chi connectivity index (χ3v) is 9.65. The van der Waals surface area contributed by atoms with Gasteiger partial charge < -0.3 is 23.9 Å². The summed E-state index contributed by atoms with van der Waals surface area (Å²) in [6, 6.07) is 12.9. The van der Waals surface area contributed by atoms with Crippen LogP contribution in [0.15, 0.2) is 36.4 Å². The Balaban J connectivity index is 1.33. The number of carbonyl (C=O) groups is 1. The van der Waals surface area contributed by atoms with Crippen LogP contribution in [-0.2, 0) is 20.0 Å². The van der Waals surface area contributed by atoms with Gasteiger partial charge in [0.2, 0.25) is 0 Å². The summed E-state index contributed by atoms with van der Waals surface area (Å²) in [6.45, 7) is 7.80. The summed E-state index contributed by atoms with van der Waals surface area (Å²) in [7, 11) is 3.71. The Labute approximate surface area is 235 Å². The molecular formula is C33H40N4O3. The number of ether oxygens (including phenoxy) is 1. The molecule has 0 spiro atoms. The van der Waals surface area contributed by atoms with Crippen molar-refractivity contribution in [2.75, 3.05) is 13.7 Å². The molecule has 210 valence electrons. The molecule has 3 fully saturated rings. The molecule has 2 aromatic heterocycles. The molecular weight excluding hydrogens is 500 g/mol. The normalized spacial score (nSPS) is 22.6. The minimum absolute atomic E-state index is 0.0913.